The van der Waals surface area contributed by atoms with Crippen molar-refractivity contribution in [2.75, 3.05) is 6.54 Å². The highest BCUT2D eigenvalue weighted by molar-refractivity contribution is 5.38. The predicted molar refractivity (Wildman–Crippen MR) is 52.4 cm³/mol. The number of hydrogen-bond acceptors (Lipinski definition) is 2. The van der Waals surface area contributed by atoms with E-state index in [9.17, 15) is 0 Å². The fourth-order valence-corrected chi connectivity index (χ4v) is 0.990. The zero-order valence-corrected chi connectivity index (χ0v) is 7.94. The molecule has 0 saturated carbocycles. The Morgan fingerprint density at radius 1 is 1.42 bits per heavy atom. The predicted octanol–water partition coefficient (Wildman–Crippen LogP) is 1.89. The first kappa shape index (κ1) is 8.91. The first-order valence-corrected chi connectivity index (χ1v) is 4.29. The van der Waals surface area contributed by atoms with Crippen molar-refractivity contribution >= 4 is 0 Å². The zero-order valence-electron chi connectivity index (χ0n) is 7.94. The number of allylic oxidation sites excluding steroid dienone is 3. The molecule has 0 amide bonds. The third kappa shape index (κ3) is 2.16. The van der Waals surface area contributed by atoms with Crippen molar-refractivity contribution in [3.05, 3.63) is 35.3 Å². The molecule has 0 radical (unpaired) electrons. The third-order valence-electron chi connectivity index (χ3n) is 1.91. The van der Waals surface area contributed by atoms with Gasteiger partial charge < -0.3 is 10.6 Å². The van der Waals surface area contributed by atoms with Crippen LogP contribution in [0.5, 0.6) is 0 Å². The van der Waals surface area contributed by atoms with Crippen LogP contribution in [0.4, 0.5) is 0 Å². The summed E-state index contributed by atoms with van der Waals surface area (Å²) >= 11 is 0. The highest BCUT2D eigenvalue weighted by Crippen LogP contribution is 2.13. The van der Waals surface area contributed by atoms with Crippen LogP contribution in [0.25, 0.3) is 0 Å². The molecule has 1 rings (SSSR count). The number of hydrogen-bond donors (Lipinski definition) is 2. The molecule has 0 unspecified atom stereocenters. The van der Waals surface area contributed by atoms with Crippen LogP contribution >= 0.6 is 0 Å². The molecule has 2 N–H and O–H groups in total. The van der Waals surface area contributed by atoms with Crippen molar-refractivity contribution in [2.45, 2.75) is 20.8 Å². The quantitative estimate of drug-likeness (QED) is 0.651. The van der Waals surface area contributed by atoms with Gasteiger partial charge in [-0.05, 0) is 38.0 Å². The average Bonchev–Trinajstić information content (AvgIpc) is 2.07. The molecule has 1 aliphatic rings. The minimum absolute atomic E-state index is 0.959. The summed E-state index contributed by atoms with van der Waals surface area (Å²) in [5.41, 5.74) is 3.74. The summed E-state index contributed by atoms with van der Waals surface area (Å²) in [4.78, 5) is 0. The van der Waals surface area contributed by atoms with E-state index in [1.807, 2.05) is 12.4 Å². The lowest BCUT2D eigenvalue weighted by Gasteiger charge is -2.12. The molecule has 0 aromatic heterocycles. The number of nitrogens with one attached hydrogen (secondary N) is 2. The molecule has 0 aromatic carbocycles. The van der Waals surface area contributed by atoms with Crippen LogP contribution in [-0.4, -0.2) is 6.54 Å². The van der Waals surface area contributed by atoms with Gasteiger partial charge in [-0.2, -0.15) is 0 Å². The van der Waals surface area contributed by atoms with Crippen LogP contribution in [-0.2, 0) is 0 Å². The van der Waals surface area contributed by atoms with Gasteiger partial charge in [0.25, 0.3) is 0 Å². The van der Waals surface area contributed by atoms with E-state index in [-0.39, 0.29) is 0 Å². The Balaban J connectivity index is 2.65. The molecular weight excluding hydrogens is 148 g/mol. The Kier molecular flexibility index (Phi) is 2.97. The molecule has 1 aliphatic heterocycles. The normalized spacial score (nSPS) is 19.8. The molecule has 0 bridgehead atoms. The largest absolute Gasteiger partial charge is 0.390 e. The summed E-state index contributed by atoms with van der Waals surface area (Å²) in [5.74, 6) is 0. The zero-order chi connectivity index (χ0) is 8.97. The summed E-state index contributed by atoms with van der Waals surface area (Å²) in [6.07, 6.45) is 6.16. The monoisotopic (exact) mass is 164 g/mol. The van der Waals surface area contributed by atoms with Gasteiger partial charge in [-0.1, -0.05) is 0 Å². The van der Waals surface area contributed by atoms with E-state index in [0.717, 1.165) is 12.2 Å². The van der Waals surface area contributed by atoms with Gasteiger partial charge in [0.1, 0.15) is 0 Å². The van der Waals surface area contributed by atoms with E-state index in [0.29, 0.717) is 0 Å². The first-order valence-electron chi connectivity index (χ1n) is 4.29. The SMILES string of the molecule is CCN/C=C1/C=C(C)C(C)=CN1. The van der Waals surface area contributed by atoms with Crippen LogP contribution in [0, 0.1) is 0 Å². The van der Waals surface area contributed by atoms with Crippen LogP contribution in [0.2, 0.25) is 0 Å². The molecule has 0 fully saturated rings. The van der Waals surface area contributed by atoms with E-state index in [4.69, 9.17) is 0 Å². The minimum Gasteiger partial charge on any atom is -0.390 e. The van der Waals surface area contributed by atoms with Crippen molar-refractivity contribution in [3.63, 3.8) is 0 Å². The lowest BCUT2D eigenvalue weighted by molar-refractivity contribution is 0.890. The lowest BCUT2D eigenvalue weighted by atomic mass is 10.1. The maximum absolute atomic E-state index is 3.19. The second-order valence-electron chi connectivity index (χ2n) is 2.96. The fourth-order valence-electron chi connectivity index (χ4n) is 0.990. The maximum Gasteiger partial charge on any atom is 0.0542 e. The Hall–Kier alpha value is -1.18. The molecule has 0 spiro atoms. The smallest absolute Gasteiger partial charge is 0.0542 e. The van der Waals surface area contributed by atoms with Gasteiger partial charge in [-0.3, -0.25) is 0 Å². The van der Waals surface area contributed by atoms with E-state index in [1.165, 1.54) is 11.1 Å². The molecule has 0 aromatic rings. The summed E-state index contributed by atoms with van der Waals surface area (Å²) in [6, 6.07) is 0. The first-order chi connectivity index (χ1) is 5.74. The van der Waals surface area contributed by atoms with Gasteiger partial charge in [0.05, 0.1) is 5.70 Å². The van der Waals surface area contributed by atoms with E-state index in [2.05, 4.69) is 37.5 Å². The second kappa shape index (κ2) is 4.00. The average molecular weight is 164 g/mol. The van der Waals surface area contributed by atoms with Crippen molar-refractivity contribution in [1.29, 1.82) is 0 Å². The summed E-state index contributed by atoms with van der Waals surface area (Å²) in [5, 5.41) is 6.35. The fraction of sp³-hybridized carbons (Fsp3) is 0.400. The molecule has 12 heavy (non-hydrogen) atoms. The lowest BCUT2D eigenvalue weighted by Crippen LogP contribution is -2.13. The standard InChI is InChI=1S/C10H16N2/c1-4-11-7-10-5-8(2)9(3)6-12-10/h5-7,11-12H,4H2,1-3H3/b10-7-. The van der Waals surface area contributed by atoms with Crippen LogP contribution in [0.1, 0.15) is 20.8 Å². The Labute approximate surface area is 74.0 Å². The molecule has 0 saturated heterocycles. The van der Waals surface area contributed by atoms with Gasteiger partial charge >= 0.3 is 0 Å². The molecule has 0 aliphatic carbocycles. The van der Waals surface area contributed by atoms with Gasteiger partial charge in [0.2, 0.25) is 0 Å². The van der Waals surface area contributed by atoms with E-state index >= 15 is 0 Å². The van der Waals surface area contributed by atoms with Crippen molar-refractivity contribution < 1.29 is 0 Å². The van der Waals surface area contributed by atoms with Gasteiger partial charge in [-0.15, -0.1) is 0 Å². The van der Waals surface area contributed by atoms with Gasteiger partial charge in [0.15, 0.2) is 0 Å². The van der Waals surface area contributed by atoms with Crippen molar-refractivity contribution in [3.8, 4) is 0 Å². The Bertz CT molecular complexity index is 247. The Morgan fingerprint density at radius 2 is 2.17 bits per heavy atom. The van der Waals surface area contributed by atoms with E-state index in [1.54, 1.807) is 0 Å². The van der Waals surface area contributed by atoms with Crippen LogP contribution < -0.4 is 10.6 Å². The Morgan fingerprint density at radius 3 is 2.75 bits per heavy atom. The summed E-state index contributed by atoms with van der Waals surface area (Å²) in [6.45, 7) is 7.26. The number of rotatable bonds is 2. The van der Waals surface area contributed by atoms with E-state index < -0.39 is 0 Å². The summed E-state index contributed by atoms with van der Waals surface area (Å²) in [7, 11) is 0. The molecule has 2 heteroatoms. The molecular formula is C10H16N2. The third-order valence-corrected chi connectivity index (χ3v) is 1.91. The molecule has 0 atom stereocenters. The molecule has 66 valence electrons. The highest BCUT2D eigenvalue weighted by Gasteiger charge is 2.00. The maximum atomic E-state index is 3.19. The molecule has 1 heterocycles. The second-order valence-corrected chi connectivity index (χ2v) is 2.96. The highest BCUT2D eigenvalue weighted by atomic mass is 14.9. The number of dihydropyridines is 1. The van der Waals surface area contributed by atoms with Crippen LogP contribution in [0.3, 0.4) is 0 Å². The minimum atomic E-state index is 0.959. The topological polar surface area (TPSA) is 24.1 Å². The summed E-state index contributed by atoms with van der Waals surface area (Å²) < 4.78 is 0. The van der Waals surface area contributed by atoms with Gasteiger partial charge in [-0.25, -0.2) is 0 Å². The van der Waals surface area contributed by atoms with Gasteiger partial charge in [0, 0.05) is 18.9 Å². The van der Waals surface area contributed by atoms with Crippen molar-refractivity contribution in [1.82, 2.24) is 10.6 Å². The van der Waals surface area contributed by atoms with Crippen molar-refractivity contribution in [2.24, 2.45) is 0 Å². The molecule has 2 nitrogen and oxygen atoms in total. The van der Waals surface area contributed by atoms with Crippen LogP contribution in [0.15, 0.2) is 35.3 Å².